The molecule has 1 aliphatic rings. The van der Waals surface area contributed by atoms with E-state index in [1.807, 2.05) is 0 Å². The van der Waals surface area contributed by atoms with E-state index >= 15 is 0 Å². The molecule has 1 fully saturated rings. The predicted molar refractivity (Wildman–Crippen MR) is 80.5 cm³/mol. The topological polar surface area (TPSA) is 174 Å². The molecule has 0 spiro atoms. The van der Waals surface area contributed by atoms with Crippen LogP contribution in [0.4, 0.5) is 5.82 Å². The second-order valence-corrected chi connectivity index (χ2v) is 7.52. The van der Waals surface area contributed by atoms with Gasteiger partial charge >= 0.3 is 0 Å². The van der Waals surface area contributed by atoms with Crippen molar-refractivity contribution < 1.29 is 28.5 Å². The summed E-state index contributed by atoms with van der Waals surface area (Å²) in [5.41, 5.74) is 5.94. The zero-order chi connectivity index (χ0) is 17.6. The predicted octanol–water partition coefficient (Wildman–Crippen LogP) is -2.19. The fraction of sp³-hybridized carbons (Fsp3) is 0.583. The first kappa shape index (κ1) is 17.0. The van der Waals surface area contributed by atoms with E-state index in [1.54, 1.807) is 0 Å². The molecule has 3 heterocycles. The van der Waals surface area contributed by atoms with E-state index in [-0.39, 0.29) is 22.7 Å². The zero-order valence-electron chi connectivity index (χ0n) is 12.6. The Morgan fingerprint density at radius 3 is 2.62 bits per heavy atom. The lowest BCUT2D eigenvalue weighted by Crippen LogP contribution is -2.33. The first-order valence-electron chi connectivity index (χ1n) is 7.15. The summed E-state index contributed by atoms with van der Waals surface area (Å²) in [5, 5.41) is 28.7. The molecule has 2 aromatic rings. The van der Waals surface area contributed by atoms with Gasteiger partial charge in [-0.2, -0.15) is 9.97 Å². The number of nitrogen functional groups attached to an aromatic ring is 1. The lowest BCUT2D eigenvalue weighted by molar-refractivity contribution is -0.0511. The molecule has 0 bridgehead atoms. The van der Waals surface area contributed by atoms with Crippen LogP contribution in [0.3, 0.4) is 0 Å². The highest BCUT2D eigenvalue weighted by atomic mass is 32.2. The number of imidazole rings is 1. The van der Waals surface area contributed by atoms with E-state index in [2.05, 4.69) is 15.0 Å². The molecule has 1 aliphatic heterocycles. The SMILES string of the molecule is CCS(=O)(=O)c1nc(N)c2ncn([C@@H]3O[C@H](CO)C(O)[C@@H]3O)c2n1. The number of aliphatic hydroxyl groups excluding tert-OH is 3. The van der Waals surface area contributed by atoms with Crippen molar-refractivity contribution in [3.8, 4) is 0 Å². The minimum absolute atomic E-state index is 0.0457. The van der Waals surface area contributed by atoms with E-state index in [9.17, 15) is 18.6 Å². The van der Waals surface area contributed by atoms with Gasteiger partial charge in [-0.25, -0.2) is 13.4 Å². The third-order valence-corrected chi connectivity index (χ3v) is 5.38. The van der Waals surface area contributed by atoms with Gasteiger partial charge in [0.1, 0.15) is 23.8 Å². The Morgan fingerprint density at radius 1 is 1.33 bits per heavy atom. The van der Waals surface area contributed by atoms with Crippen molar-refractivity contribution in [2.75, 3.05) is 18.1 Å². The van der Waals surface area contributed by atoms with Crippen molar-refractivity contribution in [2.24, 2.45) is 0 Å². The molecular weight excluding hydrogens is 342 g/mol. The molecule has 1 unspecified atom stereocenters. The van der Waals surface area contributed by atoms with E-state index in [0.29, 0.717) is 0 Å². The van der Waals surface area contributed by atoms with Crippen LogP contribution in [0.25, 0.3) is 11.2 Å². The Hall–Kier alpha value is -1.86. The van der Waals surface area contributed by atoms with E-state index in [1.165, 1.54) is 17.8 Å². The number of fused-ring (bicyclic) bond motifs is 1. The Labute approximate surface area is 136 Å². The number of aliphatic hydroxyl groups is 3. The monoisotopic (exact) mass is 359 g/mol. The lowest BCUT2D eigenvalue weighted by atomic mass is 10.1. The molecule has 4 atom stereocenters. The lowest BCUT2D eigenvalue weighted by Gasteiger charge is -2.16. The van der Waals surface area contributed by atoms with Crippen molar-refractivity contribution in [3.63, 3.8) is 0 Å². The highest BCUT2D eigenvalue weighted by Gasteiger charge is 2.44. The number of hydrogen-bond acceptors (Lipinski definition) is 10. The Morgan fingerprint density at radius 2 is 2.04 bits per heavy atom. The molecule has 5 N–H and O–H groups in total. The van der Waals surface area contributed by atoms with Gasteiger partial charge in [0.05, 0.1) is 18.7 Å². The Bertz CT molecular complexity index is 868. The number of hydrogen-bond donors (Lipinski definition) is 4. The van der Waals surface area contributed by atoms with Crippen molar-refractivity contribution in [2.45, 2.75) is 36.6 Å². The number of sulfone groups is 1. The number of anilines is 1. The normalized spacial score (nSPS) is 27.8. The van der Waals surface area contributed by atoms with Gasteiger partial charge in [0.15, 0.2) is 17.7 Å². The molecule has 3 rings (SSSR count). The van der Waals surface area contributed by atoms with Gasteiger partial charge in [-0.15, -0.1) is 0 Å². The summed E-state index contributed by atoms with van der Waals surface area (Å²) in [6, 6.07) is 0. The number of nitrogens with zero attached hydrogens (tertiary/aromatic N) is 4. The van der Waals surface area contributed by atoms with Gasteiger partial charge in [-0.1, -0.05) is 6.92 Å². The van der Waals surface area contributed by atoms with Crippen molar-refractivity contribution >= 4 is 26.8 Å². The summed E-state index contributed by atoms with van der Waals surface area (Å²) in [4.78, 5) is 11.7. The first-order valence-corrected chi connectivity index (χ1v) is 8.80. The average molecular weight is 359 g/mol. The maximum absolute atomic E-state index is 12.0. The van der Waals surface area contributed by atoms with Crippen molar-refractivity contribution in [1.82, 2.24) is 19.5 Å². The van der Waals surface area contributed by atoms with Crippen molar-refractivity contribution in [1.29, 1.82) is 0 Å². The van der Waals surface area contributed by atoms with Crippen LogP contribution in [0, 0.1) is 0 Å². The molecule has 0 aromatic carbocycles. The summed E-state index contributed by atoms with van der Waals surface area (Å²) < 4.78 is 30.7. The van der Waals surface area contributed by atoms with Gasteiger partial charge in [0.25, 0.3) is 5.16 Å². The maximum atomic E-state index is 12.0. The highest BCUT2D eigenvalue weighted by Crippen LogP contribution is 2.32. The maximum Gasteiger partial charge on any atom is 0.251 e. The second kappa shape index (κ2) is 5.89. The molecular formula is C12H17N5O6S. The summed E-state index contributed by atoms with van der Waals surface area (Å²) in [6.07, 6.45) is -3.51. The minimum Gasteiger partial charge on any atom is -0.394 e. The fourth-order valence-electron chi connectivity index (χ4n) is 2.48. The quantitative estimate of drug-likeness (QED) is 0.439. The Kier molecular flexibility index (Phi) is 4.17. The zero-order valence-corrected chi connectivity index (χ0v) is 13.5. The van der Waals surface area contributed by atoms with Crippen LogP contribution in [0.2, 0.25) is 0 Å². The van der Waals surface area contributed by atoms with Crippen LogP contribution in [-0.4, -0.2) is 73.9 Å². The summed E-state index contributed by atoms with van der Waals surface area (Å²) >= 11 is 0. The van der Waals surface area contributed by atoms with Gasteiger partial charge in [0.2, 0.25) is 9.84 Å². The average Bonchev–Trinajstić information content (AvgIpc) is 3.10. The summed E-state index contributed by atoms with van der Waals surface area (Å²) in [7, 11) is -3.71. The minimum atomic E-state index is -3.71. The van der Waals surface area contributed by atoms with Crippen LogP contribution in [-0.2, 0) is 14.6 Å². The van der Waals surface area contributed by atoms with Crippen LogP contribution in [0.1, 0.15) is 13.2 Å². The Balaban J connectivity index is 2.13. The van der Waals surface area contributed by atoms with E-state index in [0.717, 1.165) is 0 Å². The van der Waals surface area contributed by atoms with Crippen molar-refractivity contribution in [3.05, 3.63) is 6.33 Å². The molecule has 0 aliphatic carbocycles. The molecule has 1 saturated heterocycles. The number of nitrogens with two attached hydrogens (primary N) is 1. The number of rotatable bonds is 4. The molecule has 11 nitrogen and oxygen atoms in total. The largest absolute Gasteiger partial charge is 0.394 e. The molecule has 0 amide bonds. The van der Waals surface area contributed by atoms with Gasteiger partial charge < -0.3 is 25.8 Å². The molecule has 24 heavy (non-hydrogen) atoms. The standard InChI is InChI=1S/C12H17N5O6S/c1-2-24(21,22)12-15-9(13)6-10(16-12)17(4-14-6)11-8(20)7(19)5(3-18)23-11/h4-5,7-8,11,18-20H,2-3H2,1H3,(H2,13,15,16)/t5-,7?,8+,11-/m1/s1. The molecule has 12 heteroatoms. The summed E-state index contributed by atoms with van der Waals surface area (Å²) in [5.74, 6) is -0.336. The van der Waals surface area contributed by atoms with Gasteiger partial charge in [-0.3, -0.25) is 4.57 Å². The molecule has 132 valence electrons. The third-order valence-electron chi connectivity index (χ3n) is 3.88. The van der Waals surface area contributed by atoms with E-state index < -0.39 is 46.1 Å². The summed E-state index contributed by atoms with van der Waals surface area (Å²) in [6.45, 7) is 0.955. The highest BCUT2D eigenvalue weighted by molar-refractivity contribution is 7.91. The first-order chi connectivity index (χ1) is 11.3. The number of ether oxygens (including phenoxy) is 1. The molecule has 0 saturated carbocycles. The van der Waals surface area contributed by atoms with Gasteiger partial charge in [0, 0.05) is 0 Å². The second-order valence-electron chi connectivity index (χ2n) is 5.35. The molecule has 2 aromatic heterocycles. The van der Waals surface area contributed by atoms with E-state index in [4.69, 9.17) is 15.6 Å². The van der Waals surface area contributed by atoms with Gasteiger partial charge in [-0.05, 0) is 0 Å². The number of aromatic nitrogens is 4. The smallest absolute Gasteiger partial charge is 0.251 e. The van der Waals surface area contributed by atoms with Crippen LogP contribution < -0.4 is 5.73 Å². The van der Waals surface area contributed by atoms with Crippen LogP contribution in [0.5, 0.6) is 0 Å². The third kappa shape index (κ3) is 2.52. The van der Waals surface area contributed by atoms with Crippen LogP contribution in [0.15, 0.2) is 11.5 Å². The molecule has 0 radical (unpaired) electrons. The fourth-order valence-corrected chi connectivity index (χ4v) is 3.20. The van der Waals surface area contributed by atoms with Crippen LogP contribution >= 0.6 is 0 Å².